The standard InChI is InChI=1S/C17H30N2O/c1-13(2)17(8-9-18-12-17)16(20)19-10-7-14-5-3-4-6-15(14)11-19/h13-15,18H,3-12H2,1-2H3. The van der Waals surface area contributed by atoms with Crippen LogP contribution in [0.3, 0.4) is 0 Å². The van der Waals surface area contributed by atoms with Crippen LogP contribution in [0.15, 0.2) is 0 Å². The van der Waals surface area contributed by atoms with Crippen molar-refractivity contribution in [1.29, 1.82) is 0 Å². The van der Waals surface area contributed by atoms with Gasteiger partial charge in [0.2, 0.25) is 5.91 Å². The first-order valence-corrected chi connectivity index (χ1v) is 8.63. The number of rotatable bonds is 2. The summed E-state index contributed by atoms with van der Waals surface area (Å²) in [5, 5.41) is 3.42. The molecule has 0 aromatic carbocycles. The Morgan fingerprint density at radius 2 is 1.95 bits per heavy atom. The first-order valence-electron chi connectivity index (χ1n) is 8.63. The Morgan fingerprint density at radius 3 is 2.60 bits per heavy atom. The lowest BCUT2D eigenvalue weighted by molar-refractivity contribution is -0.147. The molecule has 1 saturated carbocycles. The molecule has 0 aromatic rings. The van der Waals surface area contributed by atoms with Crippen molar-refractivity contribution in [2.24, 2.45) is 23.2 Å². The Balaban J connectivity index is 1.70. The quantitative estimate of drug-likeness (QED) is 0.842. The van der Waals surface area contributed by atoms with E-state index < -0.39 is 0 Å². The van der Waals surface area contributed by atoms with E-state index in [1.54, 1.807) is 0 Å². The average molecular weight is 278 g/mol. The van der Waals surface area contributed by atoms with E-state index >= 15 is 0 Å². The molecule has 0 radical (unpaired) electrons. The zero-order chi connectivity index (χ0) is 14.2. The van der Waals surface area contributed by atoms with Gasteiger partial charge in [-0.1, -0.05) is 33.1 Å². The minimum atomic E-state index is -0.124. The molecule has 3 fully saturated rings. The number of hydrogen-bond donors (Lipinski definition) is 1. The number of amides is 1. The third-order valence-electron chi connectivity index (χ3n) is 6.30. The molecule has 2 saturated heterocycles. The molecule has 2 heterocycles. The summed E-state index contributed by atoms with van der Waals surface area (Å²) in [5.41, 5.74) is -0.124. The summed E-state index contributed by atoms with van der Waals surface area (Å²) in [6.07, 6.45) is 7.81. The van der Waals surface area contributed by atoms with Crippen LogP contribution in [0.4, 0.5) is 0 Å². The van der Waals surface area contributed by atoms with Gasteiger partial charge in [-0.2, -0.15) is 0 Å². The molecule has 3 aliphatic rings. The van der Waals surface area contributed by atoms with Gasteiger partial charge in [-0.3, -0.25) is 4.79 Å². The molecule has 3 nitrogen and oxygen atoms in total. The predicted molar refractivity (Wildman–Crippen MR) is 81.4 cm³/mol. The van der Waals surface area contributed by atoms with E-state index in [4.69, 9.17) is 0 Å². The van der Waals surface area contributed by atoms with Crippen molar-refractivity contribution in [2.75, 3.05) is 26.2 Å². The Bertz CT molecular complexity index is 360. The van der Waals surface area contributed by atoms with E-state index in [2.05, 4.69) is 24.1 Å². The van der Waals surface area contributed by atoms with Crippen LogP contribution in [0.1, 0.15) is 52.4 Å². The molecule has 0 bridgehead atoms. The maximum absolute atomic E-state index is 13.1. The second kappa shape index (κ2) is 5.67. The number of carbonyl (C=O) groups is 1. The lowest BCUT2D eigenvalue weighted by Crippen LogP contribution is -2.53. The van der Waals surface area contributed by atoms with Crippen LogP contribution in [-0.4, -0.2) is 37.0 Å². The van der Waals surface area contributed by atoms with E-state index in [0.29, 0.717) is 11.8 Å². The van der Waals surface area contributed by atoms with Gasteiger partial charge in [-0.15, -0.1) is 0 Å². The van der Waals surface area contributed by atoms with Gasteiger partial charge >= 0.3 is 0 Å². The molecule has 2 aliphatic heterocycles. The molecule has 0 spiro atoms. The SMILES string of the molecule is CC(C)C1(C(=O)N2CCC3CCCCC3C2)CCNC1. The minimum Gasteiger partial charge on any atom is -0.342 e. The number of carbonyl (C=O) groups excluding carboxylic acids is 1. The van der Waals surface area contributed by atoms with Crippen molar-refractivity contribution in [3.8, 4) is 0 Å². The summed E-state index contributed by atoms with van der Waals surface area (Å²) >= 11 is 0. The maximum atomic E-state index is 13.1. The highest BCUT2D eigenvalue weighted by Gasteiger charge is 2.47. The molecule has 20 heavy (non-hydrogen) atoms. The average Bonchev–Trinajstić information content (AvgIpc) is 2.97. The largest absolute Gasteiger partial charge is 0.342 e. The highest BCUT2D eigenvalue weighted by atomic mass is 16.2. The zero-order valence-corrected chi connectivity index (χ0v) is 13.2. The third-order valence-corrected chi connectivity index (χ3v) is 6.30. The van der Waals surface area contributed by atoms with E-state index in [1.807, 2.05) is 0 Å². The molecular formula is C17H30N2O. The highest BCUT2D eigenvalue weighted by Crippen LogP contribution is 2.40. The van der Waals surface area contributed by atoms with Gasteiger partial charge in [-0.05, 0) is 43.6 Å². The smallest absolute Gasteiger partial charge is 0.230 e. The number of fused-ring (bicyclic) bond motifs is 1. The molecule has 3 atom stereocenters. The Hall–Kier alpha value is -0.570. The fourth-order valence-electron chi connectivity index (χ4n) is 4.73. The van der Waals surface area contributed by atoms with Gasteiger partial charge in [0.25, 0.3) is 0 Å². The van der Waals surface area contributed by atoms with E-state index in [-0.39, 0.29) is 5.41 Å². The van der Waals surface area contributed by atoms with Gasteiger partial charge in [0.05, 0.1) is 5.41 Å². The van der Waals surface area contributed by atoms with Crippen LogP contribution in [0.25, 0.3) is 0 Å². The summed E-state index contributed by atoms with van der Waals surface area (Å²) in [5.74, 6) is 2.58. The van der Waals surface area contributed by atoms with Crippen molar-refractivity contribution in [3.63, 3.8) is 0 Å². The summed E-state index contributed by atoms with van der Waals surface area (Å²) in [4.78, 5) is 15.3. The van der Waals surface area contributed by atoms with Crippen LogP contribution in [0.5, 0.6) is 0 Å². The van der Waals surface area contributed by atoms with Crippen LogP contribution < -0.4 is 5.32 Å². The lowest BCUT2D eigenvalue weighted by Gasteiger charge is -2.45. The summed E-state index contributed by atoms with van der Waals surface area (Å²) in [6.45, 7) is 8.38. The van der Waals surface area contributed by atoms with Crippen LogP contribution in [-0.2, 0) is 4.79 Å². The number of piperidine rings is 1. The van der Waals surface area contributed by atoms with Gasteiger partial charge in [0.1, 0.15) is 0 Å². The normalized spacial score (nSPS) is 38.0. The predicted octanol–water partition coefficient (Wildman–Crippen LogP) is 2.66. The van der Waals surface area contributed by atoms with Crippen LogP contribution in [0.2, 0.25) is 0 Å². The van der Waals surface area contributed by atoms with Gasteiger partial charge in [0, 0.05) is 19.6 Å². The summed E-state index contributed by atoms with van der Waals surface area (Å²) in [7, 11) is 0. The number of hydrogen-bond acceptors (Lipinski definition) is 2. The molecule has 1 N–H and O–H groups in total. The highest BCUT2D eigenvalue weighted by molar-refractivity contribution is 5.84. The molecular weight excluding hydrogens is 248 g/mol. The van der Waals surface area contributed by atoms with E-state index in [1.165, 1.54) is 32.1 Å². The molecule has 3 heteroatoms. The van der Waals surface area contributed by atoms with Gasteiger partial charge in [-0.25, -0.2) is 0 Å². The first kappa shape index (κ1) is 14.4. The Labute approximate surface area is 123 Å². The Kier molecular flexibility index (Phi) is 4.07. The lowest BCUT2D eigenvalue weighted by atomic mass is 9.72. The van der Waals surface area contributed by atoms with Crippen molar-refractivity contribution in [1.82, 2.24) is 10.2 Å². The van der Waals surface area contributed by atoms with Crippen molar-refractivity contribution in [2.45, 2.75) is 52.4 Å². The van der Waals surface area contributed by atoms with E-state index in [0.717, 1.165) is 44.4 Å². The summed E-state index contributed by atoms with van der Waals surface area (Å²) in [6, 6.07) is 0. The Morgan fingerprint density at radius 1 is 1.20 bits per heavy atom. The van der Waals surface area contributed by atoms with Crippen molar-refractivity contribution < 1.29 is 4.79 Å². The fourth-order valence-corrected chi connectivity index (χ4v) is 4.73. The fraction of sp³-hybridized carbons (Fsp3) is 0.941. The second-order valence-electron chi connectivity index (χ2n) is 7.58. The minimum absolute atomic E-state index is 0.124. The first-order chi connectivity index (χ1) is 9.63. The molecule has 114 valence electrons. The topological polar surface area (TPSA) is 32.3 Å². The van der Waals surface area contributed by atoms with Crippen LogP contribution in [0, 0.1) is 23.2 Å². The molecule has 3 unspecified atom stereocenters. The molecule has 3 rings (SSSR count). The van der Waals surface area contributed by atoms with Gasteiger partial charge < -0.3 is 10.2 Å². The van der Waals surface area contributed by atoms with Crippen LogP contribution >= 0.6 is 0 Å². The molecule has 1 amide bonds. The third kappa shape index (κ3) is 2.38. The second-order valence-corrected chi connectivity index (χ2v) is 7.58. The molecule has 0 aromatic heterocycles. The van der Waals surface area contributed by atoms with Gasteiger partial charge in [0.15, 0.2) is 0 Å². The zero-order valence-electron chi connectivity index (χ0n) is 13.2. The van der Waals surface area contributed by atoms with Crippen molar-refractivity contribution in [3.05, 3.63) is 0 Å². The monoisotopic (exact) mass is 278 g/mol. The van der Waals surface area contributed by atoms with Crippen molar-refractivity contribution >= 4 is 5.91 Å². The molecule has 1 aliphatic carbocycles. The maximum Gasteiger partial charge on any atom is 0.230 e. The number of nitrogens with one attached hydrogen (secondary N) is 1. The number of likely N-dealkylation sites (tertiary alicyclic amines) is 1. The van der Waals surface area contributed by atoms with E-state index in [9.17, 15) is 4.79 Å². The number of nitrogens with zero attached hydrogens (tertiary/aromatic N) is 1. The summed E-state index contributed by atoms with van der Waals surface area (Å²) < 4.78 is 0.